The molecular formula is C33H28N4O3. The van der Waals surface area contributed by atoms with Gasteiger partial charge in [-0.3, -0.25) is 4.79 Å². The lowest BCUT2D eigenvalue weighted by Crippen LogP contribution is -2.21. The normalized spacial score (nSPS) is 11.8. The second-order valence-electron chi connectivity index (χ2n) is 9.84. The zero-order valence-corrected chi connectivity index (χ0v) is 22.4. The summed E-state index contributed by atoms with van der Waals surface area (Å²) in [7, 11) is 1.58. The number of carbonyl (C=O) groups excluding carboxylic acids is 1. The van der Waals surface area contributed by atoms with Crippen LogP contribution in [0.1, 0.15) is 35.7 Å². The lowest BCUT2D eigenvalue weighted by atomic mass is 10.0. The van der Waals surface area contributed by atoms with E-state index in [0.29, 0.717) is 34.2 Å². The van der Waals surface area contributed by atoms with E-state index in [9.17, 15) is 4.79 Å². The molecule has 0 aliphatic rings. The van der Waals surface area contributed by atoms with Gasteiger partial charge in [-0.2, -0.15) is 0 Å². The van der Waals surface area contributed by atoms with E-state index in [0.717, 1.165) is 27.8 Å². The molecule has 6 rings (SSSR count). The molecule has 0 unspecified atom stereocenters. The maximum absolute atomic E-state index is 13.6. The Morgan fingerprint density at radius 1 is 0.950 bits per heavy atom. The fourth-order valence-electron chi connectivity index (χ4n) is 4.58. The van der Waals surface area contributed by atoms with Gasteiger partial charge in [-0.25, -0.2) is 9.98 Å². The number of imidazole rings is 1. The number of anilines is 1. The minimum atomic E-state index is -0.331. The predicted molar refractivity (Wildman–Crippen MR) is 158 cm³/mol. The van der Waals surface area contributed by atoms with E-state index in [1.54, 1.807) is 13.2 Å². The SMILES string of the molecule is COc1cccc2cc(C(=O)Nc3ccc(-c4nc5ccccc5[nH]4)cc3)c(=Nc3ccc(C(C)C)cc3)oc12. The van der Waals surface area contributed by atoms with E-state index in [4.69, 9.17) is 14.1 Å². The molecule has 1 amide bonds. The summed E-state index contributed by atoms with van der Waals surface area (Å²) in [5.74, 6) is 1.41. The number of rotatable bonds is 6. The molecule has 7 nitrogen and oxygen atoms in total. The van der Waals surface area contributed by atoms with E-state index in [1.165, 1.54) is 5.56 Å². The van der Waals surface area contributed by atoms with Gasteiger partial charge in [0.25, 0.3) is 5.91 Å². The second kappa shape index (κ2) is 10.5. The van der Waals surface area contributed by atoms with Crippen molar-refractivity contribution in [2.24, 2.45) is 4.99 Å². The number of fused-ring (bicyclic) bond motifs is 2. The molecule has 4 aromatic carbocycles. The lowest BCUT2D eigenvalue weighted by Gasteiger charge is -2.09. The molecule has 0 fully saturated rings. The van der Waals surface area contributed by atoms with Crippen LogP contribution in [0.2, 0.25) is 0 Å². The van der Waals surface area contributed by atoms with Crippen molar-refractivity contribution >= 4 is 39.3 Å². The summed E-state index contributed by atoms with van der Waals surface area (Å²) < 4.78 is 11.7. The number of nitrogens with one attached hydrogen (secondary N) is 2. The number of nitrogens with zero attached hydrogens (tertiary/aromatic N) is 2. The molecule has 0 radical (unpaired) electrons. The third-order valence-electron chi connectivity index (χ3n) is 6.80. The minimum absolute atomic E-state index is 0.200. The summed E-state index contributed by atoms with van der Waals surface area (Å²) in [5, 5.41) is 3.72. The highest BCUT2D eigenvalue weighted by atomic mass is 16.5. The van der Waals surface area contributed by atoms with Crippen molar-refractivity contribution in [1.82, 2.24) is 9.97 Å². The van der Waals surface area contributed by atoms with Gasteiger partial charge in [-0.15, -0.1) is 0 Å². The fraction of sp³-hybridized carbons (Fsp3) is 0.121. The minimum Gasteiger partial charge on any atom is -0.493 e. The van der Waals surface area contributed by atoms with Crippen molar-refractivity contribution in [3.8, 4) is 17.1 Å². The first kappa shape index (κ1) is 25.1. The van der Waals surface area contributed by atoms with Crippen LogP contribution in [0.15, 0.2) is 106 Å². The number of aromatic nitrogens is 2. The average molecular weight is 529 g/mol. The van der Waals surface area contributed by atoms with Crippen molar-refractivity contribution in [3.05, 3.63) is 114 Å². The maximum Gasteiger partial charge on any atom is 0.261 e. The standard InChI is InChI=1S/C33H28N4O3/c1-20(2)21-11-15-25(16-12-21)35-33-26(19-23-7-6-10-29(39-3)30(23)40-33)32(38)34-24-17-13-22(14-18-24)31-36-27-8-4-5-9-28(27)37-31/h4-20H,1-3H3,(H,34,38)(H,36,37). The Morgan fingerprint density at radius 3 is 2.45 bits per heavy atom. The molecule has 0 atom stereocenters. The Balaban J connectivity index is 1.35. The molecule has 0 saturated carbocycles. The fourth-order valence-corrected chi connectivity index (χ4v) is 4.58. The number of hydrogen-bond acceptors (Lipinski definition) is 5. The topological polar surface area (TPSA) is 92.5 Å². The molecule has 0 bridgehead atoms. The first-order valence-corrected chi connectivity index (χ1v) is 13.1. The van der Waals surface area contributed by atoms with Crippen LogP contribution < -0.4 is 15.6 Å². The predicted octanol–water partition coefficient (Wildman–Crippen LogP) is 7.59. The van der Waals surface area contributed by atoms with Crippen molar-refractivity contribution in [2.45, 2.75) is 19.8 Å². The summed E-state index contributed by atoms with van der Waals surface area (Å²) in [4.78, 5) is 26.3. The molecular weight excluding hydrogens is 500 g/mol. The van der Waals surface area contributed by atoms with Gasteiger partial charge in [0.1, 0.15) is 11.4 Å². The van der Waals surface area contributed by atoms with Gasteiger partial charge in [0, 0.05) is 16.6 Å². The highest BCUT2D eigenvalue weighted by Crippen LogP contribution is 2.26. The summed E-state index contributed by atoms with van der Waals surface area (Å²) in [5.41, 5.74) is 6.37. The third kappa shape index (κ3) is 4.97. The van der Waals surface area contributed by atoms with Crippen LogP contribution in [0.3, 0.4) is 0 Å². The number of H-pyrrole nitrogens is 1. The monoisotopic (exact) mass is 528 g/mol. The van der Waals surface area contributed by atoms with Crippen molar-refractivity contribution in [3.63, 3.8) is 0 Å². The Bertz CT molecular complexity index is 1870. The number of aromatic amines is 1. The molecule has 0 aliphatic heterocycles. The molecule has 2 N–H and O–H groups in total. The molecule has 198 valence electrons. The van der Waals surface area contributed by atoms with Crippen molar-refractivity contribution < 1.29 is 13.9 Å². The summed E-state index contributed by atoms with van der Waals surface area (Å²) in [6.07, 6.45) is 0. The summed E-state index contributed by atoms with van der Waals surface area (Å²) in [6, 6.07) is 30.7. The van der Waals surface area contributed by atoms with E-state index in [1.807, 2.05) is 91.0 Å². The Kier molecular flexibility index (Phi) is 6.62. The summed E-state index contributed by atoms with van der Waals surface area (Å²) >= 11 is 0. The maximum atomic E-state index is 13.6. The van der Waals surface area contributed by atoms with Gasteiger partial charge in [-0.05, 0) is 72.1 Å². The Morgan fingerprint density at radius 2 is 1.73 bits per heavy atom. The molecule has 2 aromatic heterocycles. The van der Waals surface area contributed by atoms with Crippen molar-refractivity contribution in [2.75, 3.05) is 12.4 Å². The van der Waals surface area contributed by atoms with Gasteiger partial charge >= 0.3 is 0 Å². The van der Waals surface area contributed by atoms with Gasteiger partial charge in [0.15, 0.2) is 11.3 Å². The number of carbonyl (C=O) groups is 1. The number of hydrogen-bond donors (Lipinski definition) is 2. The van der Waals surface area contributed by atoms with Gasteiger partial charge in [0.2, 0.25) is 5.55 Å². The number of benzene rings is 4. The average Bonchev–Trinajstić information content (AvgIpc) is 3.41. The quantitative estimate of drug-likeness (QED) is 0.233. The molecule has 0 saturated heterocycles. The first-order chi connectivity index (χ1) is 19.5. The van der Waals surface area contributed by atoms with E-state index >= 15 is 0 Å². The van der Waals surface area contributed by atoms with Crippen LogP contribution in [0.5, 0.6) is 5.75 Å². The van der Waals surface area contributed by atoms with Crippen LogP contribution in [0.4, 0.5) is 11.4 Å². The van der Waals surface area contributed by atoms with E-state index in [2.05, 4.69) is 29.1 Å². The number of ether oxygens (including phenoxy) is 1. The van der Waals surface area contributed by atoms with Gasteiger partial charge < -0.3 is 19.5 Å². The highest BCUT2D eigenvalue weighted by molar-refractivity contribution is 6.05. The number of methoxy groups -OCH3 is 1. The smallest absolute Gasteiger partial charge is 0.261 e. The zero-order valence-electron chi connectivity index (χ0n) is 22.4. The lowest BCUT2D eigenvalue weighted by molar-refractivity contribution is 0.102. The van der Waals surface area contributed by atoms with Gasteiger partial charge in [0.05, 0.1) is 23.8 Å². The van der Waals surface area contributed by atoms with Crippen LogP contribution in [-0.2, 0) is 0 Å². The van der Waals surface area contributed by atoms with Crippen molar-refractivity contribution in [1.29, 1.82) is 0 Å². The largest absolute Gasteiger partial charge is 0.493 e. The molecule has 2 heterocycles. The second-order valence-corrected chi connectivity index (χ2v) is 9.84. The highest BCUT2D eigenvalue weighted by Gasteiger charge is 2.16. The summed E-state index contributed by atoms with van der Waals surface area (Å²) in [6.45, 7) is 4.28. The molecule has 0 aliphatic carbocycles. The van der Waals surface area contributed by atoms with Crippen LogP contribution in [-0.4, -0.2) is 23.0 Å². The first-order valence-electron chi connectivity index (χ1n) is 13.1. The molecule has 40 heavy (non-hydrogen) atoms. The van der Waals surface area contributed by atoms with Gasteiger partial charge in [-0.1, -0.05) is 50.2 Å². The van der Waals surface area contributed by atoms with E-state index < -0.39 is 0 Å². The molecule has 7 heteroatoms. The number of amides is 1. The molecule has 0 spiro atoms. The van der Waals surface area contributed by atoms with E-state index in [-0.39, 0.29) is 11.5 Å². The van der Waals surface area contributed by atoms with Crippen LogP contribution >= 0.6 is 0 Å². The third-order valence-corrected chi connectivity index (χ3v) is 6.80. The molecule has 6 aromatic rings. The Labute approximate surface area is 231 Å². The van der Waals surface area contributed by atoms with Crippen LogP contribution in [0.25, 0.3) is 33.4 Å². The zero-order chi connectivity index (χ0) is 27.6. The Hall–Kier alpha value is -5.17. The van der Waals surface area contributed by atoms with Crippen LogP contribution in [0, 0.1) is 0 Å². The number of para-hydroxylation sites is 3.